The Balaban J connectivity index is 1.68. The van der Waals surface area contributed by atoms with Crippen LogP contribution in [0.5, 0.6) is 5.75 Å². The van der Waals surface area contributed by atoms with Gasteiger partial charge in [0.2, 0.25) is 0 Å². The Morgan fingerprint density at radius 1 is 1.32 bits per heavy atom. The smallest absolute Gasteiger partial charge is 0.285 e. The van der Waals surface area contributed by atoms with Gasteiger partial charge in [0.25, 0.3) is 11.6 Å². The van der Waals surface area contributed by atoms with Gasteiger partial charge in [-0.1, -0.05) is 24.3 Å². The minimum Gasteiger partial charge on any atom is -0.495 e. The SMILES string of the molecule is COc1cc([N+](=O)[O-])c(C(=O)Nc2ccnn2C2CCCc3ccccc32)cc1SC. The Morgan fingerprint density at radius 2 is 2.13 bits per heavy atom. The molecule has 1 N–H and O–H groups in total. The number of aryl methyl sites for hydroxylation is 1. The lowest BCUT2D eigenvalue weighted by atomic mass is 9.88. The van der Waals surface area contributed by atoms with Gasteiger partial charge in [-0.05, 0) is 42.7 Å². The van der Waals surface area contributed by atoms with Crippen LogP contribution in [0.1, 0.15) is 40.4 Å². The predicted octanol–water partition coefficient (Wildman–Crippen LogP) is 4.70. The van der Waals surface area contributed by atoms with Gasteiger partial charge in [0.15, 0.2) is 0 Å². The van der Waals surface area contributed by atoms with E-state index in [0.717, 1.165) is 19.3 Å². The number of hydrogen-bond acceptors (Lipinski definition) is 6. The average molecular weight is 439 g/mol. The van der Waals surface area contributed by atoms with Gasteiger partial charge in [0.1, 0.15) is 17.1 Å². The van der Waals surface area contributed by atoms with E-state index in [1.54, 1.807) is 16.9 Å². The minimum atomic E-state index is -0.573. The first-order chi connectivity index (χ1) is 15.0. The Kier molecular flexibility index (Phi) is 5.94. The molecule has 0 radical (unpaired) electrons. The lowest BCUT2D eigenvalue weighted by Crippen LogP contribution is -2.22. The molecule has 0 spiro atoms. The number of nitro benzene ring substituents is 1. The first kappa shape index (κ1) is 20.9. The lowest BCUT2D eigenvalue weighted by molar-refractivity contribution is -0.385. The molecule has 1 aliphatic carbocycles. The number of benzene rings is 2. The Morgan fingerprint density at radius 3 is 2.87 bits per heavy atom. The second-order valence-corrected chi connectivity index (χ2v) is 8.05. The molecule has 3 aromatic rings. The topological polar surface area (TPSA) is 99.3 Å². The number of nitrogens with one attached hydrogen (secondary N) is 1. The number of methoxy groups -OCH3 is 1. The number of amides is 1. The highest BCUT2D eigenvalue weighted by Crippen LogP contribution is 2.36. The number of fused-ring (bicyclic) bond motifs is 1. The van der Waals surface area contributed by atoms with Crippen molar-refractivity contribution in [1.29, 1.82) is 0 Å². The van der Waals surface area contributed by atoms with E-state index in [4.69, 9.17) is 4.74 Å². The number of nitrogens with zero attached hydrogens (tertiary/aromatic N) is 3. The molecule has 1 unspecified atom stereocenters. The summed E-state index contributed by atoms with van der Waals surface area (Å²) in [5.74, 6) is 0.303. The van der Waals surface area contributed by atoms with Crippen molar-refractivity contribution in [2.75, 3.05) is 18.7 Å². The molecule has 0 saturated heterocycles. The number of carbonyl (C=O) groups excluding carboxylic acids is 1. The molecule has 4 rings (SSSR count). The highest BCUT2D eigenvalue weighted by molar-refractivity contribution is 7.98. The molecule has 31 heavy (non-hydrogen) atoms. The highest BCUT2D eigenvalue weighted by Gasteiger charge is 2.27. The van der Waals surface area contributed by atoms with E-state index in [1.807, 2.05) is 18.4 Å². The monoisotopic (exact) mass is 438 g/mol. The molecule has 1 atom stereocenters. The van der Waals surface area contributed by atoms with Crippen molar-refractivity contribution in [3.63, 3.8) is 0 Å². The van der Waals surface area contributed by atoms with Crippen LogP contribution in [0.15, 0.2) is 53.6 Å². The van der Waals surface area contributed by atoms with Gasteiger partial charge >= 0.3 is 0 Å². The molecule has 160 valence electrons. The number of carbonyl (C=O) groups is 1. The van der Waals surface area contributed by atoms with E-state index in [0.29, 0.717) is 16.5 Å². The summed E-state index contributed by atoms with van der Waals surface area (Å²) in [6, 6.07) is 12.7. The molecular weight excluding hydrogens is 416 g/mol. The summed E-state index contributed by atoms with van der Waals surface area (Å²) in [7, 11) is 1.44. The maximum absolute atomic E-state index is 13.1. The van der Waals surface area contributed by atoms with E-state index in [1.165, 1.54) is 42.1 Å². The number of nitro groups is 1. The number of rotatable bonds is 6. The molecule has 0 bridgehead atoms. The van der Waals surface area contributed by atoms with Crippen LogP contribution in [0.4, 0.5) is 11.5 Å². The molecular formula is C22H22N4O4S. The molecule has 1 aromatic heterocycles. The number of hydrogen-bond donors (Lipinski definition) is 1. The minimum absolute atomic E-state index is 0.00265. The van der Waals surface area contributed by atoms with E-state index in [9.17, 15) is 14.9 Å². The van der Waals surface area contributed by atoms with Gasteiger partial charge in [-0.3, -0.25) is 14.9 Å². The molecule has 9 heteroatoms. The maximum Gasteiger partial charge on any atom is 0.285 e. The summed E-state index contributed by atoms with van der Waals surface area (Å²) >= 11 is 1.35. The van der Waals surface area contributed by atoms with Crippen molar-refractivity contribution in [3.8, 4) is 5.75 Å². The zero-order valence-electron chi connectivity index (χ0n) is 17.2. The molecule has 0 fully saturated rings. The van der Waals surface area contributed by atoms with Crippen LogP contribution in [0.25, 0.3) is 0 Å². The summed E-state index contributed by atoms with van der Waals surface area (Å²) in [6.45, 7) is 0. The van der Waals surface area contributed by atoms with Crippen LogP contribution < -0.4 is 10.1 Å². The molecule has 2 aromatic carbocycles. The van der Waals surface area contributed by atoms with E-state index >= 15 is 0 Å². The standard InChI is InChI=1S/C22H22N4O4S/c1-30-19-13-18(26(28)29)16(12-20(19)31-2)22(27)24-21-10-11-23-25(21)17-9-5-7-14-6-3-4-8-15(14)17/h3-4,6,8,10-13,17H,5,7,9H2,1-2H3,(H,24,27). The second kappa shape index (κ2) is 8.81. The first-order valence-electron chi connectivity index (χ1n) is 9.86. The first-order valence-corrected chi connectivity index (χ1v) is 11.1. The third kappa shape index (κ3) is 4.00. The molecule has 1 amide bonds. The number of ether oxygens (including phenoxy) is 1. The maximum atomic E-state index is 13.1. The summed E-state index contributed by atoms with van der Waals surface area (Å²) in [6.07, 6.45) is 6.39. The number of anilines is 1. The van der Waals surface area contributed by atoms with Crippen LogP contribution >= 0.6 is 11.8 Å². The second-order valence-electron chi connectivity index (χ2n) is 7.20. The number of aromatic nitrogens is 2. The van der Waals surface area contributed by atoms with Gasteiger partial charge in [-0.2, -0.15) is 5.10 Å². The summed E-state index contributed by atoms with van der Waals surface area (Å²) in [5, 5.41) is 18.9. The predicted molar refractivity (Wildman–Crippen MR) is 119 cm³/mol. The fraction of sp³-hybridized carbons (Fsp3) is 0.273. The zero-order chi connectivity index (χ0) is 22.0. The van der Waals surface area contributed by atoms with Crippen LogP contribution in [-0.4, -0.2) is 34.0 Å². The quantitative estimate of drug-likeness (QED) is 0.340. The largest absolute Gasteiger partial charge is 0.495 e. The van der Waals surface area contributed by atoms with Crippen molar-refractivity contribution < 1.29 is 14.5 Å². The van der Waals surface area contributed by atoms with E-state index in [2.05, 4.69) is 22.5 Å². The van der Waals surface area contributed by atoms with Crippen molar-refractivity contribution in [2.24, 2.45) is 0 Å². The van der Waals surface area contributed by atoms with E-state index in [-0.39, 0.29) is 17.3 Å². The molecule has 0 aliphatic heterocycles. The highest BCUT2D eigenvalue weighted by atomic mass is 32.2. The summed E-state index contributed by atoms with van der Waals surface area (Å²) < 4.78 is 7.02. The van der Waals surface area contributed by atoms with Crippen molar-refractivity contribution >= 4 is 29.2 Å². The lowest BCUT2D eigenvalue weighted by Gasteiger charge is -2.27. The van der Waals surface area contributed by atoms with Gasteiger partial charge in [0, 0.05) is 6.07 Å². The Hall–Kier alpha value is -3.33. The third-order valence-corrected chi connectivity index (χ3v) is 6.25. The van der Waals surface area contributed by atoms with Crippen LogP contribution in [0, 0.1) is 10.1 Å². The third-order valence-electron chi connectivity index (χ3n) is 5.49. The summed E-state index contributed by atoms with van der Waals surface area (Å²) in [4.78, 5) is 24.7. The Bertz CT molecular complexity index is 1140. The van der Waals surface area contributed by atoms with Gasteiger partial charge in [-0.25, -0.2) is 4.68 Å². The molecule has 0 saturated carbocycles. The normalized spacial score (nSPS) is 15.2. The van der Waals surface area contributed by atoms with Crippen LogP contribution in [0.3, 0.4) is 0 Å². The fourth-order valence-corrected chi connectivity index (χ4v) is 4.61. The fourth-order valence-electron chi connectivity index (χ4n) is 4.03. The van der Waals surface area contributed by atoms with Crippen molar-refractivity contribution in [2.45, 2.75) is 30.2 Å². The van der Waals surface area contributed by atoms with E-state index < -0.39 is 10.8 Å². The van der Waals surface area contributed by atoms with Crippen molar-refractivity contribution in [3.05, 3.63) is 75.5 Å². The average Bonchev–Trinajstić information content (AvgIpc) is 3.25. The van der Waals surface area contributed by atoms with Gasteiger partial charge < -0.3 is 10.1 Å². The summed E-state index contributed by atoms with van der Waals surface area (Å²) in [5.41, 5.74) is 2.14. The zero-order valence-corrected chi connectivity index (χ0v) is 18.0. The van der Waals surface area contributed by atoms with Crippen LogP contribution in [0.2, 0.25) is 0 Å². The van der Waals surface area contributed by atoms with Gasteiger partial charge in [0.05, 0.1) is 35.2 Å². The molecule has 1 heterocycles. The van der Waals surface area contributed by atoms with Gasteiger partial charge in [-0.15, -0.1) is 11.8 Å². The molecule has 8 nitrogen and oxygen atoms in total. The number of thioether (sulfide) groups is 1. The Labute approximate surface area is 183 Å². The van der Waals surface area contributed by atoms with Crippen LogP contribution in [-0.2, 0) is 6.42 Å². The van der Waals surface area contributed by atoms with Crippen molar-refractivity contribution in [1.82, 2.24) is 9.78 Å². The molecule has 1 aliphatic rings.